The molecule has 0 aliphatic carbocycles. The third-order valence-electron chi connectivity index (χ3n) is 3.09. The molecule has 0 atom stereocenters. The molecule has 1 N–H and O–H groups in total. The molecule has 108 valence electrons. The molecule has 0 aliphatic rings. The molecule has 0 fully saturated rings. The topological polar surface area (TPSA) is 37.8 Å². The maximum absolute atomic E-state index is 12.7. The van der Waals surface area contributed by atoms with E-state index in [0.29, 0.717) is 16.2 Å². The number of nitrogens with one attached hydrogen (secondary N) is 1. The highest BCUT2D eigenvalue weighted by atomic mass is 35.5. The summed E-state index contributed by atoms with van der Waals surface area (Å²) in [7, 11) is 0. The number of alkyl halides is 3. The number of nitrogens with zero attached hydrogens (tertiary/aromatic N) is 1. The number of hydrogen-bond donors (Lipinski definition) is 1. The molecule has 3 aromatic rings. The van der Waals surface area contributed by atoms with E-state index in [2.05, 4.69) is 4.98 Å². The van der Waals surface area contributed by atoms with E-state index < -0.39 is 17.4 Å². The minimum Gasteiger partial charge on any atom is -0.305 e. The lowest BCUT2D eigenvalue weighted by atomic mass is 10.2. The molecule has 3 nitrogen and oxygen atoms in total. The van der Waals surface area contributed by atoms with Crippen LogP contribution in [0, 0.1) is 0 Å². The Labute approximate surface area is 121 Å². The summed E-state index contributed by atoms with van der Waals surface area (Å²) in [6.45, 7) is 0. The van der Waals surface area contributed by atoms with Gasteiger partial charge in [-0.1, -0.05) is 11.6 Å². The molecule has 0 saturated carbocycles. The van der Waals surface area contributed by atoms with Crippen molar-refractivity contribution in [2.24, 2.45) is 0 Å². The van der Waals surface area contributed by atoms with E-state index in [1.54, 1.807) is 24.3 Å². The fourth-order valence-electron chi connectivity index (χ4n) is 2.13. The van der Waals surface area contributed by atoms with Crippen LogP contribution in [0.15, 0.2) is 47.3 Å². The predicted molar refractivity (Wildman–Crippen MR) is 73.9 cm³/mol. The van der Waals surface area contributed by atoms with Crippen molar-refractivity contribution >= 4 is 22.6 Å². The molecule has 2 aromatic carbocycles. The third-order valence-corrected chi connectivity index (χ3v) is 3.35. The summed E-state index contributed by atoms with van der Waals surface area (Å²) in [4.78, 5) is 14.4. The maximum atomic E-state index is 12.7. The molecule has 0 radical (unpaired) electrons. The van der Waals surface area contributed by atoms with Gasteiger partial charge in [-0.2, -0.15) is 13.2 Å². The van der Waals surface area contributed by atoms with Crippen LogP contribution in [0.1, 0.15) is 5.56 Å². The van der Waals surface area contributed by atoms with Gasteiger partial charge in [0.2, 0.25) is 0 Å². The van der Waals surface area contributed by atoms with Crippen molar-refractivity contribution in [1.82, 2.24) is 9.55 Å². The lowest BCUT2D eigenvalue weighted by Gasteiger charge is -2.07. The summed E-state index contributed by atoms with van der Waals surface area (Å²) in [6.07, 6.45) is -4.45. The molecule has 0 aliphatic heterocycles. The Balaban J connectivity index is 2.23. The molecular weight excluding hydrogens is 305 g/mol. The summed E-state index contributed by atoms with van der Waals surface area (Å²) in [6, 6.07) is 9.58. The van der Waals surface area contributed by atoms with E-state index in [4.69, 9.17) is 11.6 Å². The van der Waals surface area contributed by atoms with Gasteiger partial charge >= 0.3 is 11.9 Å². The van der Waals surface area contributed by atoms with E-state index in [0.717, 1.165) is 12.1 Å². The van der Waals surface area contributed by atoms with Gasteiger partial charge < -0.3 is 4.98 Å². The van der Waals surface area contributed by atoms with Crippen molar-refractivity contribution in [1.29, 1.82) is 0 Å². The lowest BCUT2D eigenvalue weighted by molar-refractivity contribution is -0.137. The number of hydrogen-bond acceptors (Lipinski definition) is 1. The Morgan fingerprint density at radius 2 is 1.71 bits per heavy atom. The average molecular weight is 313 g/mol. The van der Waals surface area contributed by atoms with Crippen LogP contribution in [0.25, 0.3) is 16.7 Å². The fourth-order valence-corrected chi connectivity index (χ4v) is 2.26. The Hall–Kier alpha value is -2.21. The van der Waals surface area contributed by atoms with Crippen LogP contribution in [0.5, 0.6) is 0 Å². The summed E-state index contributed by atoms with van der Waals surface area (Å²) in [5.74, 6) is 0. The Kier molecular flexibility index (Phi) is 3.06. The maximum Gasteiger partial charge on any atom is 0.416 e. The molecule has 0 unspecified atom stereocenters. The van der Waals surface area contributed by atoms with Gasteiger partial charge in [0.05, 0.1) is 22.3 Å². The standard InChI is InChI=1S/C14H8ClF3N2O/c15-9-2-4-10(5-3-9)20-12-6-1-8(14(16,17)18)7-11(12)19-13(20)21/h1-7H,(H,19,21). The van der Waals surface area contributed by atoms with Crippen molar-refractivity contribution in [3.63, 3.8) is 0 Å². The van der Waals surface area contributed by atoms with Crippen LogP contribution in [0.4, 0.5) is 13.2 Å². The number of aromatic amines is 1. The van der Waals surface area contributed by atoms with Crippen LogP contribution in [0.2, 0.25) is 5.02 Å². The minimum absolute atomic E-state index is 0.129. The van der Waals surface area contributed by atoms with E-state index in [-0.39, 0.29) is 5.52 Å². The summed E-state index contributed by atoms with van der Waals surface area (Å²) in [5.41, 5.74) is -0.290. The quantitative estimate of drug-likeness (QED) is 0.725. The van der Waals surface area contributed by atoms with Gasteiger partial charge in [-0.05, 0) is 42.5 Å². The molecule has 0 saturated heterocycles. The van der Waals surface area contributed by atoms with Crippen molar-refractivity contribution in [3.8, 4) is 5.69 Å². The molecule has 1 heterocycles. The van der Waals surface area contributed by atoms with Crippen LogP contribution in [-0.4, -0.2) is 9.55 Å². The van der Waals surface area contributed by atoms with Crippen LogP contribution < -0.4 is 5.69 Å². The van der Waals surface area contributed by atoms with Gasteiger partial charge in [0.1, 0.15) is 0 Å². The number of halogens is 4. The lowest BCUT2D eigenvalue weighted by Crippen LogP contribution is -2.14. The first-order valence-corrected chi connectivity index (χ1v) is 6.32. The molecule has 0 bridgehead atoms. The van der Waals surface area contributed by atoms with E-state index in [9.17, 15) is 18.0 Å². The number of aromatic nitrogens is 2. The summed E-state index contributed by atoms with van der Waals surface area (Å²) < 4.78 is 39.3. The van der Waals surface area contributed by atoms with E-state index >= 15 is 0 Å². The number of benzene rings is 2. The van der Waals surface area contributed by atoms with Crippen molar-refractivity contribution in [3.05, 3.63) is 63.5 Å². The highest BCUT2D eigenvalue weighted by Crippen LogP contribution is 2.31. The van der Waals surface area contributed by atoms with E-state index in [1.165, 1.54) is 10.6 Å². The second kappa shape index (κ2) is 4.66. The zero-order valence-electron chi connectivity index (χ0n) is 10.4. The highest BCUT2D eigenvalue weighted by Gasteiger charge is 2.30. The van der Waals surface area contributed by atoms with Gasteiger partial charge in [0.15, 0.2) is 0 Å². The van der Waals surface area contributed by atoms with Gasteiger partial charge in [0.25, 0.3) is 0 Å². The van der Waals surface area contributed by atoms with Gasteiger partial charge in [0, 0.05) is 5.02 Å². The number of fused-ring (bicyclic) bond motifs is 1. The van der Waals surface area contributed by atoms with Gasteiger partial charge in [-0.3, -0.25) is 4.57 Å². The van der Waals surface area contributed by atoms with Crippen molar-refractivity contribution < 1.29 is 13.2 Å². The zero-order chi connectivity index (χ0) is 15.2. The Morgan fingerprint density at radius 1 is 1.05 bits per heavy atom. The summed E-state index contributed by atoms with van der Waals surface area (Å²) in [5, 5.41) is 0.506. The SMILES string of the molecule is O=c1[nH]c2cc(C(F)(F)F)ccc2n1-c1ccc(Cl)cc1. The van der Waals surface area contributed by atoms with Crippen LogP contribution in [0.3, 0.4) is 0 Å². The van der Waals surface area contributed by atoms with Crippen molar-refractivity contribution in [2.75, 3.05) is 0 Å². The van der Waals surface area contributed by atoms with Gasteiger partial charge in [-0.25, -0.2) is 4.79 Å². The first-order valence-electron chi connectivity index (χ1n) is 5.94. The highest BCUT2D eigenvalue weighted by molar-refractivity contribution is 6.30. The molecule has 21 heavy (non-hydrogen) atoms. The van der Waals surface area contributed by atoms with Crippen LogP contribution >= 0.6 is 11.6 Å². The second-order valence-electron chi connectivity index (χ2n) is 4.47. The average Bonchev–Trinajstić information content (AvgIpc) is 2.74. The van der Waals surface area contributed by atoms with E-state index in [1.807, 2.05) is 0 Å². The first-order chi connectivity index (χ1) is 9.86. The number of imidazole rings is 1. The fraction of sp³-hybridized carbons (Fsp3) is 0.0714. The molecule has 0 amide bonds. The summed E-state index contributed by atoms with van der Waals surface area (Å²) >= 11 is 5.78. The number of rotatable bonds is 1. The zero-order valence-corrected chi connectivity index (χ0v) is 11.2. The smallest absolute Gasteiger partial charge is 0.305 e. The molecular formula is C14H8ClF3N2O. The first kappa shape index (κ1) is 13.8. The normalized spacial score (nSPS) is 12.0. The predicted octanol–water partition coefficient (Wildman–Crippen LogP) is 3.99. The Bertz CT molecular complexity index is 863. The monoisotopic (exact) mass is 312 g/mol. The molecule has 1 aromatic heterocycles. The van der Waals surface area contributed by atoms with Crippen LogP contribution in [-0.2, 0) is 6.18 Å². The molecule has 3 rings (SSSR count). The Morgan fingerprint density at radius 3 is 2.33 bits per heavy atom. The largest absolute Gasteiger partial charge is 0.416 e. The molecule has 7 heteroatoms. The third kappa shape index (κ3) is 2.42. The minimum atomic E-state index is -4.45. The van der Waals surface area contributed by atoms with Gasteiger partial charge in [-0.15, -0.1) is 0 Å². The molecule has 0 spiro atoms. The second-order valence-corrected chi connectivity index (χ2v) is 4.91. The number of H-pyrrole nitrogens is 1. The van der Waals surface area contributed by atoms with Crippen molar-refractivity contribution in [2.45, 2.75) is 6.18 Å².